The minimum absolute atomic E-state index is 0.0664. The lowest BCUT2D eigenvalue weighted by atomic mass is 10.0. The second-order valence-electron chi connectivity index (χ2n) is 5.78. The van der Waals surface area contributed by atoms with E-state index in [-0.39, 0.29) is 17.7 Å². The Kier molecular flexibility index (Phi) is 4.61. The fraction of sp³-hybridized carbons (Fsp3) is 0.857. The van der Waals surface area contributed by atoms with Crippen molar-refractivity contribution in [2.45, 2.75) is 51.4 Å². The van der Waals surface area contributed by atoms with Gasteiger partial charge in [0, 0.05) is 12.5 Å². The van der Waals surface area contributed by atoms with Crippen molar-refractivity contribution in [3.05, 3.63) is 0 Å². The van der Waals surface area contributed by atoms with Crippen LogP contribution in [0.25, 0.3) is 0 Å². The summed E-state index contributed by atoms with van der Waals surface area (Å²) in [5.74, 6) is -0.279. The smallest absolute Gasteiger partial charge is 0.306 e. The van der Waals surface area contributed by atoms with Crippen molar-refractivity contribution in [3.8, 4) is 0 Å². The van der Waals surface area contributed by atoms with E-state index < -0.39 is 5.97 Å². The highest BCUT2D eigenvalue weighted by atomic mass is 16.4. The van der Waals surface area contributed by atoms with Gasteiger partial charge in [0.25, 0.3) is 0 Å². The molecule has 4 heteroatoms. The Morgan fingerprint density at radius 1 is 1.06 bits per heavy atom. The number of carboxylic acids is 1. The van der Waals surface area contributed by atoms with Crippen molar-refractivity contribution in [1.82, 2.24) is 5.32 Å². The summed E-state index contributed by atoms with van der Waals surface area (Å²) in [6.07, 6.45) is 8.26. The van der Waals surface area contributed by atoms with E-state index in [1.54, 1.807) is 0 Å². The standard InChI is InChI=1S/C14H23NO3/c16-13(11-5-6-12(9-11)14(17)18)15-8-7-10-3-1-2-4-10/h10-12H,1-9H2,(H,15,16)(H,17,18)/t11-,12+/m0/s1. The Bertz CT molecular complexity index is 310. The fourth-order valence-electron chi connectivity index (χ4n) is 3.29. The van der Waals surface area contributed by atoms with E-state index in [4.69, 9.17) is 5.11 Å². The monoisotopic (exact) mass is 253 g/mol. The normalized spacial score (nSPS) is 28.4. The van der Waals surface area contributed by atoms with Crippen LogP contribution in [0.2, 0.25) is 0 Å². The molecule has 0 bridgehead atoms. The van der Waals surface area contributed by atoms with Gasteiger partial charge in [0.05, 0.1) is 5.92 Å². The van der Waals surface area contributed by atoms with E-state index in [9.17, 15) is 9.59 Å². The first-order valence-corrected chi connectivity index (χ1v) is 7.17. The number of carbonyl (C=O) groups is 2. The van der Waals surface area contributed by atoms with Gasteiger partial charge in [0.15, 0.2) is 0 Å². The third-order valence-electron chi connectivity index (χ3n) is 4.48. The molecule has 0 aromatic rings. The molecule has 2 aliphatic rings. The minimum Gasteiger partial charge on any atom is -0.481 e. The van der Waals surface area contributed by atoms with Crippen LogP contribution in [0.15, 0.2) is 0 Å². The third-order valence-corrected chi connectivity index (χ3v) is 4.48. The highest BCUT2D eigenvalue weighted by Gasteiger charge is 2.33. The van der Waals surface area contributed by atoms with Crippen molar-refractivity contribution >= 4 is 11.9 Å². The molecule has 0 radical (unpaired) electrons. The quantitative estimate of drug-likeness (QED) is 0.789. The van der Waals surface area contributed by atoms with Gasteiger partial charge in [-0.1, -0.05) is 25.7 Å². The molecule has 4 nitrogen and oxygen atoms in total. The van der Waals surface area contributed by atoms with Gasteiger partial charge in [0.2, 0.25) is 5.91 Å². The number of aliphatic carboxylic acids is 1. The lowest BCUT2D eigenvalue weighted by molar-refractivity contribution is -0.141. The molecule has 18 heavy (non-hydrogen) atoms. The van der Waals surface area contributed by atoms with Gasteiger partial charge < -0.3 is 10.4 Å². The maximum atomic E-state index is 11.9. The van der Waals surface area contributed by atoms with E-state index in [1.807, 2.05) is 0 Å². The van der Waals surface area contributed by atoms with Gasteiger partial charge >= 0.3 is 5.97 Å². The summed E-state index contributed by atoms with van der Waals surface area (Å²) < 4.78 is 0. The minimum atomic E-state index is -0.753. The van der Waals surface area contributed by atoms with Crippen LogP contribution in [0.4, 0.5) is 0 Å². The Hall–Kier alpha value is -1.06. The number of rotatable bonds is 5. The number of carbonyl (C=O) groups excluding carboxylic acids is 1. The topological polar surface area (TPSA) is 66.4 Å². The van der Waals surface area contributed by atoms with E-state index in [2.05, 4.69) is 5.32 Å². The van der Waals surface area contributed by atoms with Crippen LogP contribution in [-0.4, -0.2) is 23.5 Å². The molecule has 102 valence electrons. The third kappa shape index (κ3) is 3.47. The zero-order chi connectivity index (χ0) is 13.0. The summed E-state index contributed by atoms with van der Waals surface area (Å²) in [6.45, 7) is 0.762. The van der Waals surface area contributed by atoms with Crippen LogP contribution in [0.5, 0.6) is 0 Å². The lowest BCUT2D eigenvalue weighted by Gasteiger charge is -2.13. The highest BCUT2D eigenvalue weighted by Crippen LogP contribution is 2.31. The van der Waals surface area contributed by atoms with Crippen LogP contribution >= 0.6 is 0 Å². The summed E-state index contributed by atoms with van der Waals surface area (Å²) in [5.41, 5.74) is 0. The average Bonchev–Trinajstić information content (AvgIpc) is 2.99. The molecule has 1 amide bonds. The van der Waals surface area contributed by atoms with Crippen molar-refractivity contribution < 1.29 is 14.7 Å². The maximum Gasteiger partial charge on any atom is 0.306 e. The number of nitrogens with one attached hydrogen (secondary N) is 1. The Morgan fingerprint density at radius 3 is 2.33 bits per heavy atom. The average molecular weight is 253 g/mol. The highest BCUT2D eigenvalue weighted by molar-refractivity contribution is 5.80. The van der Waals surface area contributed by atoms with E-state index in [1.165, 1.54) is 25.7 Å². The van der Waals surface area contributed by atoms with Gasteiger partial charge in [-0.05, 0) is 31.6 Å². The Morgan fingerprint density at radius 2 is 1.72 bits per heavy atom. The number of hydrogen-bond acceptors (Lipinski definition) is 2. The van der Waals surface area contributed by atoms with Gasteiger partial charge in [0.1, 0.15) is 0 Å². The largest absolute Gasteiger partial charge is 0.481 e. The SMILES string of the molecule is O=C(O)[C@@H]1CC[C@H](C(=O)NCCC2CCCC2)C1. The molecule has 2 aliphatic carbocycles. The van der Waals surface area contributed by atoms with Crippen LogP contribution in [0.1, 0.15) is 51.4 Å². The predicted molar refractivity (Wildman–Crippen MR) is 68.1 cm³/mol. The van der Waals surface area contributed by atoms with Crippen LogP contribution in [-0.2, 0) is 9.59 Å². The number of amides is 1. The number of hydrogen-bond donors (Lipinski definition) is 2. The molecule has 0 saturated heterocycles. The molecule has 2 atom stereocenters. The summed E-state index contributed by atoms with van der Waals surface area (Å²) in [6, 6.07) is 0. The molecule has 2 rings (SSSR count). The zero-order valence-corrected chi connectivity index (χ0v) is 10.9. The van der Waals surface area contributed by atoms with E-state index in [0.29, 0.717) is 12.8 Å². The van der Waals surface area contributed by atoms with Gasteiger partial charge in [-0.15, -0.1) is 0 Å². The molecule has 0 spiro atoms. The van der Waals surface area contributed by atoms with Crippen LogP contribution in [0, 0.1) is 17.8 Å². The van der Waals surface area contributed by atoms with Gasteiger partial charge in [-0.25, -0.2) is 0 Å². The lowest BCUT2D eigenvalue weighted by Crippen LogP contribution is -2.31. The summed E-state index contributed by atoms with van der Waals surface area (Å²) in [5, 5.41) is 11.9. The first-order valence-electron chi connectivity index (χ1n) is 7.17. The van der Waals surface area contributed by atoms with E-state index >= 15 is 0 Å². The maximum absolute atomic E-state index is 11.9. The van der Waals surface area contributed by atoms with Crippen molar-refractivity contribution in [2.24, 2.45) is 17.8 Å². The second kappa shape index (κ2) is 6.21. The molecule has 0 aliphatic heterocycles. The molecule has 0 aromatic heterocycles. The zero-order valence-electron chi connectivity index (χ0n) is 10.9. The molecule has 2 N–H and O–H groups in total. The molecule has 0 aromatic carbocycles. The molecule has 0 unspecified atom stereocenters. The second-order valence-corrected chi connectivity index (χ2v) is 5.78. The van der Waals surface area contributed by atoms with Crippen LogP contribution < -0.4 is 5.32 Å². The Labute approximate surface area is 108 Å². The molecular formula is C14H23NO3. The van der Waals surface area contributed by atoms with Crippen molar-refractivity contribution in [1.29, 1.82) is 0 Å². The first kappa shape index (κ1) is 13.4. The summed E-state index contributed by atoms with van der Waals surface area (Å²) >= 11 is 0. The predicted octanol–water partition coefficient (Wildman–Crippen LogP) is 2.18. The van der Waals surface area contributed by atoms with Crippen molar-refractivity contribution in [3.63, 3.8) is 0 Å². The summed E-state index contributed by atoms with van der Waals surface area (Å²) in [7, 11) is 0. The fourth-order valence-corrected chi connectivity index (χ4v) is 3.29. The van der Waals surface area contributed by atoms with Crippen molar-refractivity contribution in [2.75, 3.05) is 6.54 Å². The Balaban J connectivity index is 1.64. The molecule has 2 saturated carbocycles. The molecular weight excluding hydrogens is 230 g/mol. The molecule has 0 heterocycles. The molecule has 2 fully saturated rings. The van der Waals surface area contributed by atoms with Gasteiger partial charge in [-0.3, -0.25) is 9.59 Å². The summed E-state index contributed by atoms with van der Waals surface area (Å²) in [4.78, 5) is 22.7. The van der Waals surface area contributed by atoms with Crippen LogP contribution in [0.3, 0.4) is 0 Å². The van der Waals surface area contributed by atoms with E-state index in [0.717, 1.165) is 25.3 Å². The van der Waals surface area contributed by atoms with Gasteiger partial charge in [-0.2, -0.15) is 0 Å². The first-order chi connectivity index (χ1) is 8.66. The number of carboxylic acid groups (broad SMARTS) is 1.